The molecule has 5 unspecified atom stereocenters. The lowest BCUT2D eigenvalue weighted by molar-refractivity contribution is -0.280. The highest BCUT2D eigenvalue weighted by Crippen LogP contribution is 2.39. The zero-order chi connectivity index (χ0) is 20.9. The average molecular weight is 402 g/mol. The number of ketones is 2. The van der Waals surface area contributed by atoms with E-state index in [-0.39, 0.29) is 28.0 Å². The van der Waals surface area contributed by atoms with E-state index in [0.29, 0.717) is 0 Å². The molecule has 0 saturated carbocycles. The maximum Gasteiger partial charge on any atom is 0.198 e. The molecule has 2 aromatic carbocycles. The monoisotopic (exact) mass is 402 g/mol. The van der Waals surface area contributed by atoms with Crippen molar-refractivity contribution in [3.05, 3.63) is 58.7 Å². The van der Waals surface area contributed by atoms with Crippen molar-refractivity contribution in [1.29, 1.82) is 0 Å². The number of hydrogen-bond donors (Lipinski definition) is 5. The molecule has 2 aliphatic rings. The molecular formula is C20H18O9. The minimum absolute atomic E-state index is 0.0000737. The number of aromatic hydroxyl groups is 1. The Morgan fingerprint density at radius 3 is 2.21 bits per heavy atom. The van der Waals surface area contributed by atoms with Crippen LogP contribution in [0.4, 0.5) is 0 Å². The molecule has 0 radical (unpaired) electrons. The van der Waals surface area contributed by atoms with Crippen molar-refractivity contribution in [1.82, 2.24) is 0 Å². The van der Waals surface area contributed by atoms with E-state index in [1.807, 2.05) is 0 Å². The maximum absolute atomic E-state index is 12.8. The molecule has 5 N–H and O–H groups in total. The number of phenols is 1. The van der Waals surface area contributed by atoms with Crippen LogP contribution in [0.15, 0.2) is 36.4 Å². The molecule has 29 heavy (non-hydrogen) atoms. The van der Waals surface area contributed by atoms with Gasteiger partial charge < -0.3 is 35.0 Å². The number of carbonyl (C=O) groups is 2. The van der Waals surface area contributed by atoms with Gasteiger partial charge in [0.25, 0.3) is 0 Å². The number of aliphatic hydroxyl groups excluding tert-OH is 4. The highest BCUT2D eigenvalue weighted by molar-refractivity contribution is 6.29. The van der Waals surface area contributed by atoms with Gasteiger partial charge in [-0.1, -0.05) is 24.3 Å². The van der Waals surface area contributed by atoms with Crippen molar-refractivity contribution in [3.8, 4) is 11.5 Å². The van der Waals surface area contributed by atoms with Crippen LogP contribution in [-0.4, -0.2) is 74.4 Å². The van der Waals surface area contributed by atoms with Crippen LogP contribution in [0, 0.1) is 0 Å². The molecule has 152 valence electrons. The molecule has 1 fully saturated rings. The molecule has 0 aromatic heterocycles. The molecule has 5 atom stereocenters. The Balaban J connectivity index is 1.70. The van der Waals surface area contributed by atoms with Crippen LogP contribution < -0.4 is 4.74 Å². The number of ether oxygens (including phenoxy) is 2. The van der Waals surface area contributed by atoms with Gasteiger partial charge in [0.05, 0.1) is 12.2 Å². The van der Waals surface area contributed by atoms with Crippen molar-refractivity contribution in [3.63, 3.8) is 0 Å². The van der Waals surface area contributed by atoms with Crippen molar-refractivity contribution < 1.29 is 44.6 Å². The van der Waals surface area contributed by atoms with Gasteiger partial charge >= 0.3 is 0 Å². The summed E-state index contributed by atoms with van der Waals surface area (Å²) in [4.78, 5) is 25.5. The summed E-state index contributed by atoms with van der Waals surface area (Å²) in [6.45, 7) is -0.637. The second-order valence-corrected chi connectivity index (χ2v) is 6.85. The Morgan fingerprint density at radius 1 is 0.897 bits per heavy atom. The first-order valence-electron chi connectivity index (χ1n) is 8.86. The molecule has 1 aliphatic heterocycles. The summed E-state index contributed by atoms with van der Waals surface area (Å²) in [5.74, 6) is -1.92. The Bertz CT molecular complexity index is 986. The molecule has 4 rings (SSSR count). The fourth-order valence-corrected chi connectivity index (χ4v) is 3.59. The first kappa shape index (κ1) is 19.5. The SMILES string of the molecule is O=C1c2ccccc2C(=O)c2c1ccc(OC1C(O)OC(CO)C(O)C1O)c2O. The topological polar surface area (TPSA) is 154 Å². The van der Waals surface area contributed by atoms with Gasteiger partial charge in [0, 0.05) is 16.7 Å². The number of hydrogen-bond acceptors (Lipinski definition) is 9. The number of carbonyl (C=O) groups excluding carboxylic acids is 2. The summed E-state index contributed by atoms with van der Waals surface area (Å²) in [6.07, 6.45) is -7.65. The summed E-state index contributed by atoms with van der Waals surface area (Å²) in [5, 5.41) is 49.9. The first-order valence-corrected chi connectivity index (χ1v) is 8.86. The largest absolute Gasteiger partial charge is 0.504 e. The van der Waals surface area contributed by atoms with Crippen LogP contribution in [0.2, 0.25) is 0 Å². The summed E-state index contributed by atoms with van der Waals surface area (Å²) in [7, 11) is 0. The number of rotatable bonds is 3. The van der Waals surface area contributed by atoms with E-state index in [1.54, 1.807) is 12.1 Å². The van der Waals surface area contributed by atoms with Crippen LogP contribution >= 0.6 is 0 Å². The Kier molecular flexibility index (Phi) is 4.85. The van der Waals surface area contributed by atoms with Crippen LogP contribution in [-0.2, 0) is 4.74 Å². The van der Waals surface area contributed by atoms with E-state index in [9.17, 15) is 30.0 Å². The molecule has 1 heterocycles. The molecule has 9 nitrogen and oxygen atoms in total. The van der Waals surface area contributed by atoms with E-state index in [2.05, 4.69) is 0 Å². The normalized spacial score (nSPS) is 28.6. The second-order valence-electron chi connectivity index (χ2n) is 6.85. The molecule has 9 heteroatoms. The van der Waals surface area contributed by atoms with Crippen LogP contribution in [0.3, 0.4) is 0 Å². The van der Waals surface area contributed by atoms with E-state index in [1.165, 1.54) is 24.3 Å². The van der Waals surface area contributed by atoms with Crippen LogP contribution in [0.25, 0.3) is 0 Å². The predicted molar refractivity (Wildman–Crippen MR) is 95.8 cm³/mol. The zero-order valence-electron chi connectivity index (χ0n) is 14.9. The number of phenolic OH excluding ortho intramolecular Hbond substituents is 1. The summed E-state index contributed by atoms with van der Waals surface area (Å²) >= 11 is 0. The first-order chi connectivity index (χ1) is 13.8. The van der Waals surface area contributed by atoms with Crippen molar-refractivity contribution >= 4 is 11.6 Å². The Hall–Kier alpha value is -2.82. The maximum atomic E-state index is 12.8. The van der Waals surface area contributed by atoms with Gasteiger partial charge in [0.2, 0.25) is 0 Å². The molecule has 1 aliphatic carbocycles. The van der Waals surface area contributed by atoms with Gasteiger partial charge in [0.1, 0.15) is 18.3 Å². The van der Waals surface area contributed by atoms with Crippen molar-refractivity contribution in [2.75, 3.05) is 6.61 Å². The fraction of sp³-hybridized carbons (Fsp3) is 0.300. The van der Waals surface area contributed by atoms with Crippen LogP contribution in [0.5, 0.6) is 11.5 Å². The van der Waals surface area contributed by atoms with Crippen molar-refractivity contribution in [2.45, 2.75) is 30.7 Å². The highest BCUT2D eigenvalue weighted by atomic mass is 16.7. The highest BCUT2D eigenvalue weighted by Gasteiger charge is 2.45. The third-order valence-electron chi connectivity index (χ3n) is 5.13. The molecule has 0 amide bonds. The van der Waals surface area contributed by atoms with E-state index >= 15 is 0 Å². The molecule has 2 aromatic rings. The van der Waals surface area contributed by atoms with E-state index < -0.39 is 54.6 Å². The number of aliphatic hydroxyl groups is 4. The standard InChI is InChI=1S/C20H18O9/c21-7-12-17(25)18(26)19(20(27)29-12)28-11-6-5-10-13(16(11)24)15(23)9-4-2-1-3-8(9)14(10)22/h1-6,12,17-21,24-27H,7H2. The summed E-state index contributed by atoms with van der Waals surface area (Å²) in [5.41, 5.74) is 0.114. The molecular weight excluding hydrogens is 384 g/mol. The predicted octanol–water partition coefficient (Wildman–Crippen LogP) is -0.654. The average Bonchev–Trinajstić information content (AvgIpc) is 2.72. The van der Waals surface area contributed by atoms with E-state index in [4.69, 9.17) is 14.6 Å². The summed E-state index contributed by atoms with van der Waals surface area (Å²) in [6, 6.07) is 8.73. The lowest BCUT2D eigenvalue weighted by Gasteiger charge is -2.39. The zero-order valence-corrected chi connectivity index (χ0v) is 14.9. The molecule has 0 spiro atoms. The lowest BCUT2D eigenvalue weighted by Crippen LogP contribution is -2.60. The minimum Gasteiger partial charge on any atom is -0.504 e. The van der Waals surface area contributed by atoms with E-state index in [0.717, 1.165) is 0 Å². The van der Waals surface area contributed by atoms with Crippen molar-refractivity contribution in [2.24, 2.45) is 0 Å². The smallest absolute Gasteiger partial charge is 0.198 e. The van der Waals surface area contributed by atoms with Gasteiger partial charge in [-0.3, -0.25) is 9.59 Å². The quantitative estimate of drug-likeness (QED) is 0.384. The van der Waals surface area contributed by atoms with Gasteiger partial charge in [0.15, 0.2) is 35.5 Å². The second kappa shape index (κ2) is 7.21. The molecule has 0 bridgehead atoms. The third-order valence-corrected chi connectivity index (χ3v) is 5.13. The number of benzene rings is 2. The van der Waals surface area contributed by atoms with Gasteiger partial charge in [-0.2, -0.15) is 0 Å². The third kappa shape index (κ3) is 3.00. The van der Waals surface area contributed by atoms with Crippen LogP contribution in [0.1, 0.15) is 31.8 Å². The minimum atomic E-state index is -1.72. The Morgan fingerprint density at radius 2 is 1.55 bits per heavy atom. The molecule has 1 saturated heterocycles. The van der Waals surface area contributed by atoms with Gasteiger partial charge in [-0.25, -0.2) is 0 Å². The van der Waals surface area contributed by atoms with Gasteiger partial charge in [-0.15, -0.1) is 0 Å². The Labute approximate surface area is 164 Å². The summed E-state index contributed by atoms with van der Waals surface area (Å²) < 4.78 is 10.4. The van der Waals surface area contributed by atoms with Gasteiger partial charge in [-0.05, 0) is 12.1 Å². The lowest BCUT2D eigenvalue weighted by atomic mass is 9.83. The number of fused-ring (bicyclic) bond motifs is 2. The fourth-order valence-electron chi connectivity index (χ4n) is 3.59.